The molecule has 0 aliphatic rings. The van der Waals surface area contributed by atoms with Crippen LogP contribution in [0.1, 0.15) is 92.9 Å². The number of fused-ring (bicyclic) bond motifs is 2. The zero-order valence-corrected chi connectivity index (χ0v) is 31.2. The van der Waals surface area contributed by atoms with E-state index in [2.05, 4.69) is 48.5 Å². The Morgan fingerprint density at radius 3 is 1.87 bits per heavy atom. The van der Waals surface area contributed by atoms with Crippen molar-refractivity contribution in [2.45, 2.75) is 72.6 Å². The van der Waals surface area contributed by atoms with Crippen molar-refractivity contribution in [1.29, 1.82) is 0 Å². The largest absolute Gasteiger partial charge is 0.507 e. The van der Waals surface area contributed by atoms with Crippen LogP contribution >= 0.6 is 0 Å². The third-order valence-corrected chi connectivity index (χ3v) is 9.81. The van der Waals surface area contributed by atoms with Crippen LogP contribution in [-0.4, -0.2) is 33.5 Å². The van der Waals surface area contributed by atoms with Gasteiger partial charge in [-0.15, -0.1) is 0 Å². The van der Waals surface area contributed by atoms with Gasteiger partial charge in [0.15, 0.2) is 0 Å². The first-order valence-corrected chi connectivity index (χ1v) is 17.5. The molecule has 0 aliphatic heterocycles. The second-order valence-electron chi connectivity index (χ2n) is 15.2. The van der Waals surface area contributed by atoms with Gasteiger partial charge in [-0.05, 0) is 129 Å². The van der Waals surface area contributed by atoms with Gasteiger partial charge in [-0.1, -0.05) is 66.7 Å². The van der Waals surface area contributed by atoms with Gasteiger partial charge in [-0.2, -0.15) is 0 Å². The highest BCUT2D eigenvalue weighted by atomic mass is 16.5. The average Bonchev–Trinajstić information content (AvgIpc) is 3.08. The van der Waals surface area contributed by atoms with E-state index in [4.69, 9.17) is 9.47 Å². The lowest BCUT2D eigenvalue weighted by Crippen LogP contribution is -2.12. The van der Waals surface area contributed by atoms with Crippen LogP contribution < -0.4 is 4.74 Å². The molecular formula is C45H46O7. The Morgan fingerprint density at radius 2 is 1.27 bits per heavy atom. The summed E-state index contributed by atoms with van der Waals surface area (Å²) < 4.78 is 11.9. The number of phenolic OH excluding ortho intramolecular Hbond substituents is 4. The second kappa shape index (κ2) is 13.5. The summed E-state index contributed by atoms with van der Waals surface area (Å²) in [5.41, 5.74) is 5.78. The van der Waals surface area contributed by atoms with E-state index in [0.717, 1.165) is 44.2 Å². The molecule has 0 aliphatic carbocycles. The molecule has 0 saturated heterocycles. The van der Waals surface area contributed by atoms with E-state index in [-0.39, 0.29) is 45.8 Å². The lowest BCUT2D eigenvalue weighted by molar-refractivity contribution is 0.0597. The summed E-state index contributed by atoms with van der Waals surface area (Å²) in [5, 5.41) is 47.0. The number of hydrogen-bond donors (Lipinski definition) is 4. The number of phenols is 4. The first-order chi connectivity index (χ1) is 24.5. The maximum Gasteiger partial charge on any atom is 0.341 e. The van der Waals surface area contributed by atoms with E-state index in [1.165, 1.54) is 13.2 Å². The number of aryl methyl sites for hydroxylation is 1. The van der Waals surface area contributed by atoms with Gasteiger partial charge in [0.2, 0.25) is 0 Å². The van der Waals surface area contributed by atoms with Crippen LogP contribution in [0, 0.1) is 6.92 Å². The molecule has 0 radical (unpaired) electrons. The van der Waals surface area contributed by atoms with Crippen LogP contribution in [0.3, 0.4) is 0 Å². The second-order valence-corrected chi connectivity index (χ2v) is 15.2. The Bertz CT molecular complexity index is 2350. The molecule has 6 aromatic rings. The normalized spacial score (nSPS) is 11.9. The molecule has 268 valence electrons. The molecule has 6 aromatic carbocycles. The highest BCUT2D eigenvalue weighted by Gasteiger charge is 2.25. The number of carbonyl (C=O) groups is 1. The van der Waals surface area contributed by atoms with Crippen LogP contribution in [0.5, 0.6) is 34.5 Å². The average molecular weight is 699 g/mol. The third kappa shape index (κ3) is 6.36. The Hall–Kier alpha value is -5.69. The topological polar surface area (TPSA) is 116 Å². The number of aromatic hydroxyl groups is 4. The fourth-order valence-electron chi connectivity index (χ4n) is 7.04. The molecule has 0 fully saturated rings. The van der Waals surface area contributed by atoms with Crippen LogP contribution in [-0.2, 0) is 10.2 Å². The lowest BCUT2D eigenvalue weighted by Gasteiger charge is -2.24. The van der Waals surface area contributed by atoms with Gasteiger partial charge in [-0.25, -0.2) is 4.79 Å². The van der Waals surface area contributed by atoms with E-state index < -0.39 is 5.97 Å². The van der Waals surface area contributed by atoms with Crippen LogP contribution in [0.4, 0.5) is 0 Å². The number of carbonyl (C=O) groups excluding carboxylic acids is 1. The highest BCUT2D eigenvalue weighted by Crippen LogP contribution is 2.48. The minimum atomic E-state index is -0.676. The van der Waals surface area contributed by atoms with Crippen molar-refractivity contribution in [3.8, 4) is 56.8 Å². The first kappa shape index (κ1) is 36.1. The molecule has 0 bridgehead atoms. The van der Waals surface area contributed by atoms with Gasteiger partial charge in [0.25, 0.3) is 0 Å². The van der Waals surface area contributed by atoms with Crippen molar-refractivity contribution in [2.75, 3.05) is 7.11 Å². The van der Waals surface area contributed by atoms with Crippen molar-refractivity contribution < 1.29 is 34.7 Å². The Balaban J connectivity index is 1.55. The minimum absolute atomic E-state index is 0.00780. The van der Waals surface area contributed by atoms with Gasteiger partial charge in [0.1, 0.15) is 40.1 Å². The molecule has 52 heavy (non-hydrogen) atoms. The summed E-state index contributed by atoms with van der Waals surface area (Å²) in [6.45, 7) is 16.4. The van der Waals surface area contributed by atoms with Crippen molar-refractivity contribution in [2.24, 2.45) is 0 Å². The lowest BCUT2D eigenvalue weighted by atomic mass is 9.82. The fourth-order valence-corrected chi connectivity index (χ4v) is 7.04. The van der Waals surface area contributed by atoms with E-state index in [1.807, 2.05) is 55.5 Å². The molecule has 7 nitrogen and oxygen atoms in total. The SMILES string of the molecule is COC(=O)c1cc2c(-c3cc(C(C)C)c(Oc4cccc5c(-c6cc(C)c(O)c(C(C)(C)C)c6)c(O)ccc45)c(C(C)C)c3)c(O)ccc2cc1O. The van der Waals surface area contributed by atoms with E-state index >= 15 is 0 Å². The molecule has 0 amide bonds. The molecule has 0 saturated carbocycles. The van der Waals surface area contributed by atoms with Crippen molar-refractivity contribution in [1.82, 2.24) is 0 Å². The summed E-state index contributed by atoms with van der Waals surface area (Å²) in [6, 6.07) is 23.6. The third-order valence-electron chi connectivity index (χ3n) is 9.81. The maximum absolute atomic E-state index is 12.5. The molecule has 0 spiro atoms. The number of hydrogen-bond acceptors (Lipinski definition) is 7. The van der Waals surface area contributed by atoms with E-state index in [9.17, 15) is 25.2 Å². The minimum Gasteiger partial charge on any atom is -0.507 e. The summed E-state index contributed by atoms with van der Waals surface area (Å²) in [4.78, 5) is 12.5. The number of methoxy groups -OCH3 is 1. The zero-order chi connectivity index (χ0) is 37.8. The van der Waals surface area contributed by atoms with Gasteiger partial charge >= 0.3 is 5.97 Å². The quantitative estimate of drug-likeness (QED) is 0.123. The molecule has 6 rings (SSSR count). The van der Waals surface area contributed by atoms with Gasteiger partial charge in [0, 0.05) is 22.1 Å². The molecule has 0 atom stereocenters. The molecule has 0 aromatic heterocycles. The van der Waals surface area contributed by atoms with Crippen LogP contribution in [0.15, 0.2) is 78.9 Å². The predicted molar refractivity (Wildman–Crippen MR) is 208 cm³/mol. The van der Waals surface area contributed by atoms with Crippen molar-refractivity contribution in [3.05, 3.63) is 107 Å². The van der Waals surface area contributed by atoms with Crippen LogP contribution in [0.25, 0.3) is 43.8 Å². The summed E-state index contributed by atoms with van der Waals surface area (Å²) >= 11 is 0. The Morgan fingerprint density at radius 1 is 0.673 bits per heavy atom. The van der Waals surface area contributed by atoms with Crippen LogP contribution in [0.2, 0.25) is 0 Å². The maximum atomic E-state index is 12.5. The summed E-state index contributed by atoms with van der Waals surface area (Å²) in [5.74, 6) is 0.902. The van der Waals surface area contributed by atoms with Crippen molar-refractivity contribution >= 4 is 27.5 Å². The molecule has 4 N–H and O–H groups in total. The van der Waals surface area contributed by atoms with Gasteiger partial charge in [0.05, 0.1) is 7.11 Å². The monoisotopic (exact) mass is 698 g/mol. The number of rotatable bonds is 7. The van der Waals surface area contributed by atoms with Gasteiger partial charge in [-0.3, -0.25) is 0 Å². The van der Waals surface area contributed by atoms with E-state index in [1.54, 1.807) is 24.3 Å². The fraction of sp³-hybridized carbons (Fsp3) is 0.267. The van der Waals surface area contributed by atoms with Crippen molar-refractivity contribution in [3.63, 3.8) is 0 Å². The number of esters is 1. The molecular weight excluding hydrogens is 652 g/mol. The molecule has 7 heteroatoms. The summed E-state index contributed by atoms with van der Waals surface area (Å²) in [7, 11) is 1.26. The smallest absolute Gasteiger partial charge is 0.341 e. The summed E-state index contributed by atoms with van der Waals surface area (Å²) in [6.07, 6.45) is 0. The zero-order valence-electron chi connectivity index (χ0n) is 31.2. The predicted octanol–water partition coefficient (Wildman–Crippen LogP) is 11.6. The molecule has 0 heterocycles. The van der Waals surface area contributed by atoms with E-state index in [0.29, 0.717) is 33.4 Å². The van der Waals surface area contributed by atoms with Gasteiger partial charge < -0.3 is 29.9 Å². The number of benzene rings is 6. The Labute approximate surface area is 304 Å². The first-order valence-electron chi connectivity index (χ1n) is 17.5. The highest BCUT2D eigenvalue weighted by molar-refractivity contribution is 6.06. The standard InChI is InChI=1S/C45H46O7/c1-23(2)31-18-28(41-33-22-34(44(50)51-9)38(48)21-26(33)13-15-36(41)46)19-32(24(3)4)43(31)52-39-12-10-11-30-29(39)14-16-37(47)40(30)27-17-25(5)42(49)35(20-27)45(6,7)8/h10-24,46-49H,1-9H3. The molecule has 0 unspecified atom stereocenters. The number of ether oxygens (including phenoxy) is 2. The Kier molecular flexibility index (Phi) is 9.34.